The quantitative estimate of drug-likeness (QED) is 0.716. The molecule has 0 radical (unpaired) electrons. The highest BCUT2D eigenvalue weighted by Crippen LogP contribution is 2.20. The number of aliphatic hydroxyl groups is 1. The number of nitrogens with one attached hydrogen (secondary N) is 1. The van der Waals surface area contributed by atoms with Crippen molar-refractivity contribution in [1.82, 2.24) is 20.1 Å². The minimum atomic E-state index is -0.131. The van der Waals surface area contributed by atoms with E-state index in [0.29, 0.717) is 12.1 Å². The van der Waals surface area contributed by atoms with E-state index in [1.165, 1.54) is 6.33 Å². The minimum absolute atomic E-state index is 0.0174. The maximum atomic E-state index is 12.3. The van der Waals surface area contributed by atoms with Crippen LogP contribution in [0.2, 0.25) is 0 Å². The van der Waals surface area contributed by atoms with Crippen LogP contribution >= 0.6 is 0 Å². The summed E-state index contributed by atoms with van der Waals surface area (Å²) in [6, 6.07) is 15.1. The fourth-order valence-corrected chi connectivity index (χ4v) is 2.65. The molecule has 0 saturated heterocycles. The zero-order valence-electron chi connectivity index (χ0n) is 14.9. The molecule has 0 unspecified atom stereocenters. The van der Waals surface area contributed by atoms with Crippen LogP contribution in [-0.2, 0) is 13.2 Å². The zero-order chi connectivity index (χ0) is 18.5. The molecule has 6 nitrogen and oxygen atoms in total. The summed E-state index contributed by atoms with van der Waals surface area (Å²) in [7, 11) is 0. The summed E-state index contributed by atoms with van der Waals surface area (Å²) < 4.78 is 1.85. The molecule has 1 aromatic heterocycles. The van der Waals surface area contributed by atoms with Crippen molar-refractivity contribution in [3.63, 3.8) is 0 Å². The van der Waals surface area contributed by atoms with Gasteiger partial charge in [-0.1, -0.05) is 36.4 Å². The predicted molar refractivity (Wildman–Crippen MR) is 99.4 cm³/mol. The number of carbonyl (C=O) groups excluding carboxylic acids is 1. The number of carbonyl (C=O) groups is 1. The molecule has 2 aromatic carbocycles. The van der Waals surface area contributed by atoms with Gasteiger partial charge in [-0.15, -0.1) is 0 Å². The van der Waals surface area contributed by atoms with E-state index >= 15 is 0 Å². The third-order valence-electron chi connectivity index (χ3n) is 4.13. The average molecular weight is 350 g/mol. The normalized spacial score (nSPS) is 10.9. The molecule has 26 heavy (non-hydrogen) atoms. The predicted octanol–water partition coefficient (Wildman–Crippen LogP) is 2.95. The minimum Gasteiger partial charge on any atom is -0.392 e. The largest absolute Gasteiger partial charge is 0.392 e. The fourth-order valence-electron chi connectivity index (χ4n) is 2.65. The van der Waals surface area contributed by atoms with E-state index < -0.39 is 0 Å². The molecular formula is C20H22N4O2. The van der Waals surface area contributed by atoms with Crippen molar-refractivity contribution in [2.24, 2.45) is 0 Å². The standard InChI is InChI=1S/C20H22N4O2/c1-14(2)24-19(22-13-23-24)17-7-9-18(10-8-17)20(26)21-11-15-3-5-16(12-25)6-4-15/h3-10,13-14,25H,11-12H2,1-2H3,(H,21,26). The summed E-state index contributed by atoms with van der Waals surface area (Å²) in [5, 5.41) is 16.2. The molecule has 0 atom stereocenters. The van der Waals surface area contributed by atoms with Gasteiger partial charge in [-0.3, -0.25) is 4.79 Å². The van der Waals surface area contributed by atoms with Crippen LogP contribution in [0.15, 0.2) is 54.9 Å². The molecule has 0 aliphatic heterocycles. The van der Waals surface area contributed by atoms with E-state index in [1.807, 2.05) is 54.9 Å². The summed E-state index contributed by atoms with van der Waals surface area (Å²) in [5.41, 5.74) is 3.35. The van der Waals surface area contributed by atoms with E-state index in [1.54, 1.807) is 12.1 Å². The highest BCUT2D eigenvalue weighted by molar-refractivity contribution is 5.94. The topological polar surface area (TPSA) is 80.0 Å². The summed E-state index contributed by atoms with van der Waals surface area (Å²) in [6.45, 7) is 4.55. The van der Waals surface area contributed by atoms with Crippen LogP contribution in [0.25, 0.3) is 11.4 Å². The van der Waals surface area contributed by atoms with Gasteiger partial charge in [0.15, 0.2) is 5.82 Å². The molecule has 3 rings (SSSR count). The fraction of sp³-hybridized carbons (Fsp3) is 0.250. The van der Waals surface area contributed by atoms with Crippen LogP contribution in [-0.4, -0.2) is 25.8 Å². The van der Waals surface area contributed by atoms with Crippen molar-refractivity contribution in [3.05, 3.63) is 71.5 Å². The Morgan fingerprint density at radius 2 is 1.73 bits per heavy atom. The van der Waals surface area contributed by atoms with Crippen LogP contribution in [0, 0.1) is 0 Å². The van der Waals surface area contributed by atoms with Crippen LogP contribution < -0.4 is 5.32 Å². The van der Waals surface area contributed by atoms with Crippen LogP contribution in [0.1, 0.15) is 41.4 Å². The highest BCUT2D eigenvalue weighted by atomic mass is 16.3. The lowest BCUT2D eigenvalue weighted by Crippen LogP contribution is -2.22. The van der Waals surface area contributed by atoms with Crippen molar-refractivity contribution in [3.8, 4) is 11.4 Å². The Bertz CT molecular complexity index is 868. The maximum Gasteiger partial charge on any atom is 0.251 e. The highest BCUT2D eigenvalue weighted by Gasteiger charge is 2.11. The molecule has 0 bridgehead atoms. The Balaban J connectivity index is 1.65. The Hall–Kier alpha value is -2.99. The number of amides is 1. The number of aromatic nitrogens is 3. The number of hydrogen-bond acceptors (Lipinski definition) is 4. The second kappa shape index (κ2) is 7.93. The lowest BCUT2D eigenvalue weighted by Gasteiger charge is -2.10. The van der Waals surface area contributed by atoms with E-state index in [-0.39, 0.29) is 18.6 Å². The number of hydrogen-bond donors (Lipinski definition) is 2. The van der Waals surface area contributed by atoms with Crippen LogP contribution in [0.5, 0.6) is 0 Å². The number of aliphatic hydroxyl groups excluding tert-OH is 1. The van der Waals surface area contributed by atoms with E-state index in [2.05, 4.69) is 15.4 Å². The van der Waals surface area contributed by atoms with Gasteiger partial charge in [-0.2, -0.15) is 5.10 Å². The Labute approximate surface area is 152 Å². The van der Waals surface area contributed by atoms with Gasteiger partial charge in [0.2, 0.25) is 0 Å². The van der Waals surface area contributed by atoms with E-state index in [4.69, 9.17) is 5.11 Å². The monoisotopic (exact) mass is 350 g/mol. The molecule has 6 heteroatoms. The van der Waals surface area contributed by atoms with Crippen molar-refractivity contribution < 1.29 is 9.90 Å². The van der Waals surface area contributed by atoms with E-state index in [9.17, 15) is 4.79 Å². The van der Waals surface area contributed by atoms with Gasteiger partial charge in [0.05, 0.1) is 6.61 Å². The molecule has 0 saturated carbocycles. The van der Waals surface area contributed by atoms with Crippen molar-refractivity contribution in [1.29, 1.82) is 0 Å². The Morgan fingerprint density at radius 1 is 1.08 bits per heavy atom. The molecule has 0 aliphatic carbocycles. The first-order chi connectivity index (χ1) is 12.6. The first kappa shape index (κ1) is 17.8. The number of benzene rings is 2. The summed E-state index contributed by atoms with van der Waals surface area (Å²) in [4.78, 5) is 16.6. The SMILES string of the molecule is CC(C)n1ncnc1-c1ccc(C(=O)NCc2ccc(CO)cc2)cc1. The second-order valence-electron chi connectivity index (χ2n) is 6.36. The molecular weight excluding hydrogens is 328 g/mol. The Kier molecular flexibility index (Phi) is 5.43. The number of nitrogens with zero attached hydrogens (tertiary/aromatic N) is 3. The molecule has 3 aromatic rings. The smallest absolute Gasteiger partial charge is 0.251 e. The van der Waals surface area contributed by atoms with Gasteiger partial charge in [0.25, 0.3) is 5.91 Å². The lowest BCUT2D eigenvalue weighted by molar-refractivity contribution is 0.0951. The summed E-state index contributed by atoms with van der Waals surface area (Å²) in [5.74, 6) is 0.657. The van der Waals surface area contributed by atoms with Gasteiger partial charge in [0, 0.05) is 23.7 Å². The summed E-state index contributed by atoms with van der Waals surface area (Å²) >= 11 is 0. The third kappa shape index (κ3) is 3.97. The molecule has 134 valence electrons. The average Bonchev–Trinajstić information content (AvgIpc) is 3.17. The van der Waals surface area contributed by atoms with Crippen molar-refractivity contribution in [2.45, 2.75) is 33.0 Å². The molecule has 0 fully saturated rings. The van der Waals surface area contributed by atoms with Crippen LogP contribution in [0.4, 0.5) is 0 Å². The lowest BCUT2D eigenvalue weighted by atomic mass is 10.1. The first-order valence-electron chi connectivity index (χ1n) is 8.55. The van der Waals surface area contributed by atoms with Gasteiger partial charge in [-0.25, -0.2) is 9.67 Å². The van der Waals surface area contributed by atoms with Gasteiger partial charge < -0.3 is 10.4 Å². The van der Waals surface area contributed by atoms with Gasteiger partial charge in [-0.05, 0) is 37.1 Å². The Morgan fingerprint density at radius 3 is 2.35 bits per heavy atom. The molecule has 1 amide bonds. The second-order valence-corrected chi connectivity index (χ2v) is 6.36. The van der Waals surface area contributed by atoms with E-state index in [0.717, 1.165) is 22.5 Å². The zero-order valence-corrected chi connectivity index (χ0v) is 14.9. The first-order valence-corrected chi connectivity index (χ1v) is 8.55. The third-order valence-corrected chi connectivity index (χ3v) is 4.13. The maximum absolute atomic E-state index is 12.3. The van der Waals surface area contributed by atoms with Gasteiger partial charge >= 0.3 is 0 Å². The molecule has 0 spiro atoms. The van der Waals surface area contributed by atoms with Gasteiger partial charge in [0.1, 0.15) is 6.33 Å². The van der Waals surface area contributed by atoms with Crippen molar-refractivity contribution in [2.75, 3.05) is 0 Å². The van der Waals surface area contributed by atoms with Crippen LogP contribution in [0.3, 0.4) is 0 Å². The number of rotatable bonds is 6. The summed E-state index contributed by atoms with van der Waals surface area (Å²) in [6.07, 6.45) is 1.54. The molecule has 2 N–H and O–H groups in total. The molecule has 1 heterocycles. The van der Waals surface area contributed by atoms with Crippen molar-refractivity contribution >= 4 is 5.91 Å². The molecule has 0 aliphatic rings.